The summed E-state index contributed by atoms with van der Waals surface area (Å²) >= 11 is 0. The largest absolute Gasteiger partial charge is 0.0651 e. The van der Waals surface area contributed by atoms with Crippen LogP contribution < -0.4 is 0 Å². The van der Waals surface area contributed by atoms with Crippen molar-refractivity contribution in [2.75, 3.05) is 0 Å². The van der Waals surface area contributed by atoms with Gasteiger partial charge >= 0.3 is 0 Å². The molecule has 0 radical (unpaired) electrons. The Hall–Kier alpha value is 0. The molecule has 23 heavy (non-hydrogen) atoms. The Morgan fingerprint density at radius 3 is 0.783 bits per heavy atom. The maximum Gasteiger partial charge on any atom is -0.0308 e. The molecule has 0 heterocycles. The molecule has 0 aromatic carbocycles. The van der Waals surface area contributed by atoms with E-state index in [1.807, 2.05) is 0 Å². The predicted octanol–water partition coefficient (Wildman–Crippen LogP) is 9.13. The molecule has 0 aliphatic carbocycles. The summed E-state index contributed by atoms with van der Waals surface area (Å²) < 4.78 is 0. The van der Waals surface area contributed by atoms with Gasteiger partial charge in [0.05, 0.1) is 0 Å². The Bertz CT molecular complexity index is 173. The first-order chi connectivity index (χ1) is 10.8. The van der Waals surface area contributed by atoms with Gasteiger partial charge in [0.2, 0.25) is 0 Å². The molecule has 2 atom stereocenters. The van der Waals surface area contributed by atoms with Crippen LogP contribution in [0.15, 0.2) is 0 Å². The van der Waals surface area contributed by atoms with Gasteiger partial charge in [-0.25, -0.2) is 0 Å². The lowest BCUT2D eigenvalue weighted by atomic mass is 9.78. The second-order valence-electron chi connectivity index (χ2n) is 7.61. The van der Waals surface area contributed by atoms with Crippen molar-refractivity contribution in [2.24, 2.45) is 23.2 Å². The third-order valence-corrected chi connectivity index (χ3v) is 6.65. The van der Waals surface area contributed by atoms with Crippen molar-refractivity contribution in [3.05, 3.63) is 0 Å². The van der Waals surface area contributed by atoms with Crippen LogP contribution in [0.25, 0.3) is 0 Å². The first-order valence-electron chi connectivity index (χ1n) is 10.8. The van der Waals surface area contributed by atoms with E-state index in [-0.39, 0.29) is 0 Å². The lowest BCUT2D eigenvalue weighted by molar-refractivity contribution is 0.240. The van der Waals surface area contributed by atoms with E-state index in [4.69, 9.17) is 0 Å². The smallest absolute Gasteiger partial charge is 0.0308 e. The summed E-state index contributed by atoms with van der Waals surface area (Å²) in [6.45, 7) is 25.1. The molecule has 0 saturated carbocycles. The van der Waals surface area contributed by atoms with Crippen molar-refractivity contribution in [1.82, 2.24) is 0 Å². The van der Waals surface area contributed by atoms with Crippen molar-refractivity contribution in [2.45, 2.75) is 128 Å². The number of hydrogen-bond donors (Lipinski definition) is 0. The quantitative estimate of drug-likeness (QED) is 0.395. The van der Waals surface area contributed by atoms with Crippen LogP contribution in [0.3, 0.4) is 0 Å². The SMILES string of the molecule is CCC(C)CC.CCC(CC)(CC)CC.CC[C@@H](C)[C@@H](C)CC. The molecule has 0 aromatic rings. The summed E-state index contributed by atoms with van der Waals surface area (Å²) in [5, 5.41) is 0. The Labute approximate surface area is 151 Å². The molecule has 144 valence electrons. The fourth-order valence-corrected chi connectivity index (χ4v) is 2.59. The Morgan fingerprint density at radius 1 is 0.478 bits per heavy atom. The van der Waals surface area contributed by atoms with E-state index in [0.29, 0.717) is 5.41 Å². The maximum absolute atomic E-state index is 2.33. The Balaban J connectivity index is -0.000000266. The first kappa shape index (κ1) is 27.8. The molecule has 0 amide bonds. The van der Waals surface area contributed by atoms with E-state index in [0.717, 1.165) is 17.8 Å². The highest BCUT2D eigenvalue weighted by molar-refractivity contribution is 4.72. The van der Waals surface area contributed by atoms with Gasteiger partial charge in [-0.15, -0.1) is 0 Å². The Morgan fingerprint density at radius 2 is 0.739 bits per heavy atom. The van der Waals surface area contributed by atoms with Crippen molar-refractivity contribution < 1.29 is 0 Å². The maximum atomic E-state index is 2.33. The van der Waals surface area contributed by atoms with E-state index in [2.05, 4.69) is 76.2 Å². The fourth-order valence-electron chi connectivity index (χ4n) is 2.59. The summed E-state index contributed by atoms with van der Waals surface area (Å²) in [4.78, 5) is 0. The summed E-state index contributed by atoms with van der Waals surface area (Å²) in [5.74, 6) is 2.77. The minimum Gasteiger partial charge on any atom is -0.0651 e. The second-order valence-corrected chi connectivity index (χ2v) is 7.61. The minimum atomic E-state index is 0.667. The molecule has 0 saturated heterocycles. The van der Waals surface area contributed by atoms with Crippen LogP contribution in [0, 0.1) is 23.2 Å². The van der Waals surface area contributed by atoms with Crippen molar-refractivity contribution >= 4 is 0 Å². The molecule has 0 aliphatic rings. The molecule has 0 nitrogen and oxygen atoms in total. The molecule has 0 aliphatic heterocycles. The highest BCUT2D eigenvalue weighted by Gasteiger charge is 2.20. The van der Waals surface area contributed by atoms with Gasteiger partial charge < -0.3 is 0 Å². The van der Waals surface area contributed by atoms with Gasteiger partial charge in [0.25, 0.3) is 0 Å². The van der Waals surface area contributed by atoms with Gasteiger partial charge in [-0.05, 0) is 23.2 Å². The van der Waals surface area contributed by atoms with Crippen molar-refractivity contribution in [1.29, 1.82) is 0 Å². The van der Waals surface area contributed by atoms with Gasteiger partial charge in [0, 0.05) is 0 Å². The highest BCUT2D eigenvalue weighted by Crippen LogP contribution is 2.33. The monoisotopic (exact) mass is 328 g/mol. The van der Waals surface area contributed by atoms with E-state index < -0.39 is 0 Å². The normalized spacial score (nSPS) is 13.6. The predicted molar refractivity (Wildman–Crippen MR) is 112 cm³/mol. The molecule has 0 unspecified atom stereocenters. The average Bonchev–Trinajstić information content (AvgIpc) is 2.63. The van der Waals surface area contributed by atoms with Gasteiger partial charge in [-0.1, -0.05) is 128 Å². The molecule has 0 fully saturated rings. The van der Waals surface area contributed by atoms with Crippen LogP contribution in [0.4, 0.5) is 0 Å². The summed E-state index contributed by atoms with van der Waals surface area (Å²) in [5.41, 5.74) is 0.667. The van der Waals surface area contributed by atoms with Gasteiger partial charge in [0.15, 0.2) is 0 Å². The van der Waals surface area contributed by atoms with E-state index in [1.165, 1.54) is 51.4 Å². The van der Waals surface area contributed by atoms with Crippen LogP contribution in [0.2, 0.25) is 0 Å². The van der Waals surface area contributed by atoms with Crippen LogP contribution in [-0.4, -0.2) is 0 Å². The molecule has 0 N–H and O–H groups in total. The lowest BCUT2D eigenvalue weighted by Gasteiger charge is -2.28. The van der Waals surface area contributed by atoms with Crippen LogP contribution in [0.5, 0.6) is 0 Å². The van der Waals surface area contributed by atoms with Crippen LogP contribution >= 0.6 is 0 Å². The lowest BCUT2D eigenvalue weighted by Crippen LogP contribution is -2.15. The first-order valence-corrected chi connectivity index (χ1v) is 10.8. The molecular formula is C23H52. The highest BCUT2D eigenvalue weighted by atomic mass is 14.3. The molecule has 0 heteroatoms. The fraction of sp³-hybridized carbons (Fsp3) is 1.00. The molecule has 0 spiro atoms. The van der Waals surface area contributed by atoms with Crippen molar-refractivity contribution in [3.8, 4) is 0 Å². The molecule has 0 aromatic heterocycles. The molecule has 0 bridgehead atoms. The molecular weight excluding hydrogens is 276 g/mol. The standard InChI is InChI=1S/C9H20.C8H18.C6H14/c1-5-9(6-2,7-3)8-4;1-5-7(3)8(4)6-2;1-4-6(3)5-2/h5-8H2,1-4H3;7-8H,5-6H2,1-4H3;6H,4-5H2,1-3H3/t;7-,8+;. The average molecular weight is 329 g/mol. The summed E-state index contributed by atoms with van der Waals surface area (Å²) in [7, 11) is 0. The van der Waals surface area contributed by atoms with Crippen LogP contribution in [-0.2, 0) is 0 Å². The van der Waals surface area contributed by atoms with Crippen molar-refractivity contribution in [3.63, 3.8) is 0 Å². The summed E-state index contributed by atoms with van der Waals surface area (Å²) in [6.07, 6.45) is 10.7. The van der Waals surface area contributed by atoms with E-state index in [1.54, 1.807) is 0 Å². The van der Waals surface area contributed by atoms with E-state index in [9.17, 15) is 0 Å². The second kappa shape index (κ2) is 18.3. The minimum absolute atomic E-state index is 0.667. The Kier molecular flexibility index (Phi) is 22.2. The third kappa shape index (κ3) is 15.3. The topological polar surface area (TPSA) is 0 Å². The van der Waals surface area contributed by atoms with Gasteiger partial charge in [-0.2, -0.15) is 0 Å². The van der Waals surface area contributed by atoms with Gasteiger partial charge in [0.1, 0.15) is 0 Å². The number of hydrogen-bond acceptors (Lipinski definition) is 0. The zero-order valence-electron chi connectivity index (χ0n) is 18.9. The number of rotatable bonds is 9. The molecule has 0 rings (SSSR count). The third-order valence-electron chi connectivity index (χ3n) is 6.65. The van der Waals surface area contributed by atoms with E-state index >= 15 is 0 Å². The van der Waals surface area contributed by atoms with Gasteiger partial charge in [-0.3, -0.25) is 0 Å². The summed E-state index contributed by atoms with van der Waals surface area (Å²) in [6, 6.07) is 0. The zero-order valence-corrected chi connectivity index (χ0v) is 18.9. The zero-order chi connectivity index (χ0) is 18.9. The van der Waals surface area contributed by atoms with Crippen LogP contribution in [0.1, 0.15) is 128 Å².